The Morgan fingerprint density at radius 1 is 0.957 bits per heavy atom. The Morgan fingerprint density at radius 3 is 2.26 bits per heavy atom. The average Bonchev–Trinajstić information content (AvgIpc) is 3.08. The fourth-order valence-corrected chi connectivity index (χ4v) is 3.50. The van der Waals surface area contributed by atoms with Crippen LogP contribution in [0.4, 0.5) is 17.8 Å². The first-order chi connectivity index (χ1) is 11.2. The first-order valence-corrected chi connectivity index (χ1v) is 8.63. The van der Waals surface area contributed by atoms with Crippen molar-refractivity contribution in [2.45, 2.75) is 69.4 Å². The van der Waals surface area contributed by atoms with Crippen molar-refractivity contribution in [3.05, 3.63) is 0 Å². The number of rotatable bonds is 5. The average molecular weight is 315 g/mol. The third-order valence-corrected chi connectivity index (χ3v) is 4.82. The molecule has 1 heterocycles. The zero-order chi connectivity index (χ0) is 16.1. The van der Waals surface area contributed by atoms with Gasteiger partial charge in [-0.1, -0.05) is 32.1 Å². The number of hydrogen-bond donors (Lipinski definition) is 3. The molecular weight excluding hydrogens is 290 g/mol. The molecule has 0 saturated heterocycles. The molecule has 2 aliphatic carbocycles. The van der Waals surface area contributed by atoms with E-state index in [4.69, 9.17) is 0 Å². The van der Waals surface area contributed by atoms with E-state index in [0.717, 1.165) is 38.5 Å². The van der Waals surface area contributed by atoms with Gasteiger partial charge in [-0.3, -0.25) is 0 Å². The first kappa shape index (κ1) is 15.8. The van der Waals surface area contributed by atoms with Gasteiger partial charge >= 0.3 is 0 Å². The topological polar surface area (TPSA) is 98.5 Å². The lowest BCUT2D eigenvalue weighted by molar-refractivity contribution is 0.391. The SMILES string of the molecule is CNc1nc(NC2CCCC2)nc(NC2(C#N)CCCCC2)n1. The van der Waals surface area contributed by atoms with Crippen molar-refractivity contribution in [1.29, 1.82) is 5.26 Å². The summed E-state index contributed by atoms with van der Waals surface area (Å²) in [5.41, 5.74) is -0.546. The normalized spacial score (nSPS) is 20.7. The molecule has 2 aliphatic rings. The summed E-state index contributed by atoms with van der Waals surface area (Å²) in [5, 5.41) is 19.3. The summed E-state index contributed by atoms with van der Waals surface area (Å²) in [6, 6.07) is 2.88. The molecule has 124 valence electrons. The summed E-state index contributed by atoms with van der Waals surface area (Å²) in [5.74, 6) is 1.59. The number of nitrogens with one attached hydrogen (secondary N) is 3. The maximum atomic E-state index is 9.61. The first-order valence-electron chi connectivity index (χ1n) is 8.63. The third kappa shape index (κ3) is 3.81. The molecular formula is C16H25N7. The van der Waals surface area contributed by atoms with Gasteiger partial charge in [-0.2, -0.15) is 20.2 Å². The second kappa shape index (κ2) is 6.99. The van der Waals surface area contributed by atoms with Gasteiger partial charge in [0.1, 0.15) is 5.54 Å². The third-order valence-electron chi connectivity index (χ3n) is 4.82. The van der Waals surface area contributed by atoms with Gasteiger partial charge in [0.2, 0.25) is 17.8 Å². The maximum absolute atomic E-state index is 9.61. The van der Waals surface area contributed by atoms with E-state index >= 15 is 0 Å². The molecule has 0 aromatic carbocycles. The fraction of sp³-hybridized carbons (Fsp3) is 0.750. The lowest BCUT2D eigenvalue weighted by Gasteiger charge is -2.31. The lowest BCUT2D eigenvalue weighted by Crippen LogP contribution is -2.39. The van der Waals surface area contributed by atoms with Crippen molar-refractivity contribution in [1.82, 2.24) is 15.0 Å². The number of anilines is 3. The molecule has 2 saturated carbocycles. The summed E-state index contributed by atoms with van der Waals surface area (Å²) in [7, 11) is 1.79. The summed E-state index contributed by atoms with van der Waals surface area (Å²) in [4.78, 5) is 13.3. The summed E-state index contributed by atoms with van der Waals surface area (Å²) in [6.45, 7) is 0. The molecule has 7 nitrogen and oxygen atoms in total. The highest BCUT2D eigenvalue weighted by atomic mass is 15.3. The van der Waals surface area contributed by atoms with Crippen LogP contribution in [-0.2, 0) is 0 Å². The highest BCUT2D eigenvalue weighted by Crippen LogP contribution is 2.30. The minimum atomic E-state index is -0.546. The van der Waals surface area contributed by atoms with Gasteiger partial charge in [0.05, 0.1) is 6.07 Å². The zero-order valence-corrected chi connectivity index (χ0v) is 13.7. The molecule has 0 unspecified atom stereocenters. The van der Waals surface area contributed by atoms with Crippen molar-refractivity contribution in [2.24, 2.45) is 0 Å². The van der Waals surface area contributed by atoms with Gasteiger partial charge in [-0.05, 0) is 25.7 Å². The Kier molecular flexibility index (Phi) is 4.79. The Hall–Kier alpha value is -2.10. The van der Waals surface area contributed by atoms with Gasteiger partial charge in [0, 0.05) is 13.1 Å². The van der Waals surface area contributed by atoms with Crippen molar-refractivity contribution in [3.63, 3.8) is 0 Å². The van der Waals surface area contributed by atoms with Crippen LogP contribution in [0.15, 0.2) is 0 Å². The molecule has 0 radical (unpaired) electrons. The summed E-state index contributed by atoms with van der Waals surface area (Å²) < 4.78 is 0. The lowest BCUT2D eigenvalue weighted by atomic mass is 9.83. The Morgan fingerprint density at radius 2 is 1.61 bits per heavy atom. The smallest absolute Gasteiger partial charge is 0.230 e. The molecule has 23 heavy (non-hydrogen) atoms. The van der Waals surface area contributed by atoms with Crippen molar-refractivity contribution in [2.75, 3.05) is 23.0 Å². The molecule has 2 fully saturated rings. The van der Waals surface area contributed by atoms with E-state index in [1.54, 1.807) is 7.05 Å². The van der Waals surface area contributed by atoms with Crippen molar-refractivity contribution in [3.8, 4) is 6.07 Å². The molecule has 1 aromatic rings. The van der Waals surface area contributed by atoms with Crippen LogP contribution in [0.3, 0.4) is 0 Å². The van der Waals surface area contributed by atoms with Crippen LogP contribution >= 0.6 is 0 Å². The standard InChI is InChI=1S/C16H25N7/c1-18-13-20-14(19-12-7-3-4-8-12)22-15(21-13)23-16(11-17)9-5-2-6-10-16/h12H,2-10H2,1H3,(H3,18,19,20,21,22,23). The largest absolute Gasteiger partial charge is 0.357 e. The van der Waals surface area contributed by atoms with Crippen LogP contribution in [0.1, 0.15) is 57.8 Å². The molecule has 3 rings (SSSR count). The summed E-state index contributed by atoms with van der Waals surface area (Å²) >= 11 is 0. The maximum Gasteiger partial charge on any atom is 0.230 e. The molecule has 7 heteroatoms. The van der Waals surface area contributed by atoms with Crippen LogP contribution in [0, 0.1) is 11.3 Å². The van der Waals surface area contributed by atoms with E-state index in [-0.39, 0.29) is 0 Å². The predicted molar refractivity (Wildman–Crippen MR) is 90.3 cm³/mol. The van der Waals surface area contributed by atoms with Crippen molar-refractivity contribution < 1.29 is 0 Å². The number of hydrogen-bond acceptors (Lipinski definition) is 7. The van der Waals surface area contributed by atoms with E-state index in [9.17, 15) is 5.26 Å². The number of nitrogens with zero attached hydrogens (tertiary/aromatic N) is 4. The number of aromatic nitrogens is 3. The second-order valence-corrected chi connectivity index (χ2v) is 6.56. The van der Waals surface area contributed by atoms with Crippen LogP contribution in [0.2, 0.25) is 0 Å². The fourth-order valence-electron chi connectivity index (χ4n) is 3.50. The predicted octanol–water partition coefficient (Wildman–Crippen LogP) is 2.91. The Balaban J connectivity index is 1.78. The highest BCUT2D eigenvalue weighted by molar-refractivity contribution is 5.45. The molecule has 0 amide bonds. The number of nitriles is 1. The van der Waals surface area contributed by atoms with Crippen molar-refractivity contribution >= 4 is 17.8 Å². The molecule has 0 bridgehead atoms. The second-order valence-electron chi connectivity index (χ2n) is 6.56. The van der Waals surface area contributed by atoms with Gasteiger partial charge < -0.3 is 16.0 Å². The quantitative estimate of drug-likeness (QED) is 0.768. The Bertz CT molecular complexity index is 568. The molecule has 1 aromatic heterocycles. The van der Waals surface area contributed by atoms with E-state index in [1.807, 2.05) is 0 Å². The van der Waals surface area contributed by atoms with Gasteiger partial charge in [-0.15, -0.1) is 0 Å². The summed E-state index contributed by atoms with van der Waals surface area (Å²) in [6.07, 6.45) is 9.84. The molecule has 0 aliphatic heterocycles. The molecule has 3 N–H and O–H groups in total. The van der Waals surface area contributed by atoms with Crippen LogP contribution < -0.4 is 16.0 Å². The highest BCUT2D eigenvalue weighted by Gasteiger charge is 2.33. The molecule has 0 spiro atoms. The minimum absolute atomic E-state index is 0.439. The van der Waals surface area contributed by atoms with E-state index in [1.165, 1.54) is 19.3 Å². The van der Waals surface area contributed by atoms with Crippen LogP contribution in [0.5, 0.6) is 0 Å². The molecule has 0 atom stereocenters. The zero-order valence-electron chi connectivity index (χ0n) is 13.7. The Labute approximate surface area is 137 Å². The van der Waals surface area contributed by atoms with E-state index in [2.05, 4.69) is 37.0 Å². The minimum Gasteiger partial charge on any atom is -0.357 e. The van der Waals surface area contributed by atoms with Crippen LogP contribution in [0.25, 0.3) is 0 Å². The van der Waals surface area contributed by atoms with Gasteiger partial charge in [0.15, 0.2) is 0 Å². The van der Waals surface area contributed by atoms with Gasteiger partial charge in [0.25, 0.3) is 0 Å². The van der Waals surface area contributed by atoms with E-state index < -0.39 is 5.54 Å². The van der Waals surface area contributed by atoms with Crippen LogP contribution in [-0.4, -0.2) is 33.6 Å². The monoisotopic (exact) mass is 315 g/mol. The van der Waals surface area contributed by atoms with Gasteiger partial charge in [-0.25, -0.2) is 0 Å². The van der Waals surface area contributed by atoms with E-state index in [0.29, 0.717) is 23.9 Å².